The average molecular weight is 286 g/mol. The van der Waals surface area contributed by atoms with Gasteiger partial charge >= 0.3 is 0 Å². The molecule has 1 aliphatic carbocycles. The Morgan fingerprint density at radius 2 is 2.16 bits per heavy atom. The predicted molar refractivity (Wildman–Crippen MR) is 77.3 cm³/mol. The molecule has 0 aliphatic heterocycles. The molecule has 5 heteroatoms. The van der Waals surface area contributed by atoms with Gasteiger partial charge in [-0.3, -0.25) is 4.68 Å². The normalized spacial score (nSPS) is 25.4. The number of hydrogen-bond donors (Lipinski definition) is 2. The lowest BCUT2D eigenvalue weighted by molar-refractivity contribution is -0.0731. The van der Waals surface area contributed by atoms with Crippen molar-refractivity contribution in [2.24, 2.45) is 5.41 Å². The zero-order chi connectivity index (χ0) is 14.2. The van der Waals surface area contributed by atoms with Gasteiger partial charge in [0.05, 0.1) is 22.5 Å². The number of aliphatic hydroxyl groups is 1. The summed E-state index contributed by atoms with van der Waals surface area (Å²) in [4.78, 5) is 0. The Morgan fingerprint density at radius 1 is 1.47 bits per heavy atom. The molecule has 1 heterocycles. The van der Waals surface area contributed by atoms with Gasteiger partial charge in [0.15, 0.2) is 0 Å². The van der Waals surface area contributed by atoms with Gasteiger partial charge in [-0.1, -0.05) is 32.4 Å². The van der Waals surface area contributed by atoms with Crippen LogP contribution in [0, 0.1) is 5.41 Å². The van der Waals surface area contributed by atoms with E-state index in [1.165, 1.54) is 0 Å². The second-order valence-corrected chi connectivity index (χ2v) is 6.26. The van der Waals surface area contributed by atoms with E-state index in [4.69, 9.17) is 11.6 Å². The number of aryl methyl sites for hydroxylation is 2. The maximum atomic E-state index is 9.76. The highest BCUT2D eigenvalue weighted by Crippen LogP contribution is 2.40. The number of nitrogens with one attached hydrogen (secondary N) is 1. The third-order valence-corrected chi connectivity index (χ3v) is 4.86. The average Bonchev–Trinajstić information content (AvgIpc) is 2.70. The third kappa shape index (κ3) is 2.54. The Morgan fingerprint density at radius 3 is 2.63 bits per heavy atom. The molecule has 2 unspecified atom stereocenters. The van der Waals surface area contributed by atoms with E-state index in [9.17, 15) is 5.11 Å². The maximum Gasteiger partial charge on any atom is 0.0863 e. The van der Waals surface area contributed by atoms with E-state index in [1.54, 1.807) is 0 Å². The van der Waals surface area contributed by atoms with Crippen molar-refractivity contribution in [1.29, 1.82) is 0 Å². The van der Waals surface area contributed by atoms with E-state index < -0.39 is 0 Å². The smallest absolute Gasteiger partial charge is 0.0863 e. The van der Waals surface area contributed by atoms with E-state index in [2.05, 4.69) is 38.1 Å². The zero-order valence-corrected chi connectivity index (χ0v) is 13.0. The Hall–Kier alpha value is -0.580. The molecule has 4 nitrogen and oxygen atoms in total. The Labute approximate surface area is 120 Å². The van der Waals surface area contributed by atoms with Gasteiger partial charge in [0.2, 0.25) is 0 Å². The summed E-state index contributed by atoms with van der Waals surface area (Å²) < 4.78 is 1.97. The molecule has 0 aromatic carbocycles. The van der Waals surface area contributed by atoms with Crippen LogP contribution in [0.15, 0.2) is 0 Å². The standard InChI is InChI=1S/C14H24ClN3O/c1-5-9-13(15)10(18(6-2)17-9)8-16-11-7-12(19)14(11,3)4/h11-12,16,19H,5-8H2,1-4H3. The Balaban J connectivity index is 2.06. The van der Waals surface area contributed by atoms with E-state index >= 15 is 0 Å². The Bertz CT molecular complexity index is 456. The van der Waals surface area contributed by atoms with Crippen LogP contribution in [0.1, 0.15) is 45.5 Å². The molecule has 1 aromatic rings. The minimum atomic E-state index is -0.206. The van der Waals surface area contributed by atoms with Crippen molar-refractivity contribution in [3.8, 4) is 0 Å². The van der Waals surface area contributed by atoms with Crippen molar-refractivity contribution in [3.63, 3.8) is 0 Å². The fraction of sp³-hybridized carbons (Fsp3) is 0.786. The summed E-state index contributed by atoms with van der Waals surface area (Å²) in [5, 5.41) is 18.6. The molecule has 0 radical (unpaired) electrons. The summed E-state index contributed by atoms with van der Waals surface area (Å²) in [5.41, 5.74) is 1.96. The topological polar surface area (TPSA) is 50.1 Å². The lowest BCUT2D eigenvalue weighted by Crippen LogP contribution is -2.59. The monoisotopic (exact) mass is 285 g/mol. The van der Waals surface area contributed by atoms with Crippen LogP contribution in [0.5, 0.6) is 0 Å². The zero-order valence-electron chi connectivity index (χ0n) is 12.2. The van der Waals surface area contributed by atoms with Crippen molar-refractivity contribution in [2.75, 3.05) is 0 Å². The van der Waals surface area contributed by atoms with Crippen LogP contribution < -0.4 is 5.32 Å². The van der Waals surface area contributed by atoms with Gasteiger partial charge in [-0.05, 0) is 19.8 Å². The lowest BCUT2D eigenvalue weighted by atomic mass is 9.64. The van der Waals surface area contributed by atoms with Gasteiger partial charge in [0.1, 0.15) is 0 Å². The van der Waals surface area contributed by atoms with Crippen LogP contribution in [0.3, 0.4) is 0 Å². The molecule has 2 atom stereocenters. The maximum absolute atomic E-state index is 9.76. The second-order valence-electron chi connectivity index (χ2n) is 5.88. The highest BCUT2D eigenvalue weighted by Gasteiger charge is 2.46. The summed E-state index contributed by atoms with van der Waals surface area (Å²) in [6.45, 7) is 9.86. The molecule has 0 spiro atoms. The quantitative estimate of drug-likeness (QED) is 0.873. The summed E-state index contributed by atoms with van der Waals surface area (Å²) in [6.07, 6.45) is 1.46. The van der Waals surface area contributed by atoms with Crippen LogP contribution in [0.2, 0.25) is 5.02 Å². The van der Waals surface area contributed by atoms with Crippen molar-refractivity contribution in [3.05, 3.63) is 16.4 Å². The number of nitrogens with zero attached hydrogens (tertiary/aromatic N) is 2. The molecule has 19 heavy (non-hydrogen) atoms. The fourth-order valence-corrected chi connectivity index (χ4v) is 2.99. The summed E-state index contributed by atoms with van der Waals surface area (Å²) in [7, 11) is 0. The number of halogens is 1. The van der Waals surface area contributed by atoms with Crippen LogP contribution in [0.4, 0.5) is 0 Å². The van der Waals surface area contributed by atoms with Gasteiger partial charge in [-0.15, -0.1) is 0 Å². The highest BCUT2D eigenvalue weighted by molar-refractivity contribution is 6.31. The summed E-state index contributed by atoms with van der Waals surface area (Å²) in [5.74, 6) is 0. The van der Waals surface area contributed by atoms with Gasteiger partial charge < -0.3 is 10.4 Å². The number of hydrogen-bond acceptors (Lipinski definition) is 3. The molecule has 1 fully saturated rings. The number of rotatable bonds is 5. The van der Waals surface area contributed by atoms with Crippen LogP contribution in [-0.2, 0) is 19.5 Å². The van der Waals surface area contributed by atoms with E-state index in [0.29, 0.717) is 12.6 Å². The molecule has 108 valence electrons. The molecule has 0 saturated heterocycles. The van der Waals surface area contributed by atoms with Gasteiger partial charge in [-0.2, -0.15) is 5.10 Å². The highest BCUT2D eigenvalue weighted by atomic mass is 35.5. The SMILES string of the molecule is CCc1nn(CC)c(CNC2CC(O)C2(C)C)c1Cl. The molecule has 1 aromatic heterocycles. The molecular formula is C14H24ClN3O. The van der Waals surface area contributed by atoms with Crippen LogP contribution in [-0.4, -0.2) is 27.0 Å². The van der Waals surface area contributed by atoms with Crippen molar-refractivity contribution < 1.29 is 5.11 Å². The van der Waals surface area contributed by atoms with Crippen molar-refractivity contribution in [2.45, 2.75) is 65.8 Å². The molecule has 0 amide bonds. The molecule has 1 saturated carbocycles. The molecule has 1 aliphatic rings. The largest absolute Gasteiger partial charge is 0.392 e. The minimum absolute atomic E-state index is 0.0584. The molecule has 0 bridgehead atoms. The van der Waals surface area contributed by atoms with E-state index in [1.807, 2.05) is 4.68 Å². The van der Waals surface area contributed by atoms with Gasteiger partial charge in [-0.25, -0.2) is 0 Å². The predicted octanol–water partition coefficient (Wildman–Crippen LogP) is 2.37. The first kappa shape index (κ1) is 14.8. The minimum Gasteiger partial charge on any atom is -0.392 e. The second kappa shape index (κ2) is 5.43. The van der Waals surface area contributed by atoms with Crippen molar-refractivity contribution >= 4 is 11.6 Å². The Kier molecular flexibility index (Phi) is 4.23. The molecular weight excluding hydrogens is 262 g/mol. The summed E-state index contributed by atoms with van der Waals surface area (Å²) >= 11 is 6.38. The van der Waals surface area contributed by atoms with Crippen LogP contribution in [0.25, 0.3) is 0 Å². The van der Waals surface area contributed by atoms with Gasteiger partial charge in [0, 0.05) is 24.5 Å². The van der Waals surface area contributed by atoms with E-state index in [0.717, 1.165) is 35.8 Å². The van der Waals surface area contributed by atoms with Crippen LogP contribution >= 0.6 is 11.6 Å². The molecule has 2 rings (SSSR count). The summed E-state index contributed by atoms with van der Waals surface area (Å²) in [6, 6.07) is 0.337. The van der Waals surface area contributed by atoms with E-state index in [-0.39, 0.29) is 11.5 Å². The van der Waals surface area contributed by atoms with Gasteiger partial charge in [0.25, 0.3) is 0 Å². The fourth-order valence-electron chi connectivity index (χ4n) is 2.65. The first-order chi connectivity index (χ1) is 8.91. The number of aromatic nitrogens is 2. The first-order valence-corrected chi connectivity index (χ1v) is 7.45. The first-order valence-electron chi connectivity index (χ1n) is 7.07. The van der Waals surface area contributed by atoms with Crippen molar-refractivity contribution in [1.82, 2.24) is 15.1 Å². The lowest BCUT2D eigenvalue weighted by Gasteiger charge is -2.49. The molecule has 2 N–H and O–H groups in total. The number of aliphatic hydroxyl groups excluding tert-OH is 1. The third-order valence-electron chi connectivity index (χ3n) is 4.43.